The molecule has 0 saturated heterocycles. The Morgan fingerprint density at radius 1 is 1.39 bits per heavy atom. The summed E-state index contributed by atoms with van der Waals surface area (Å²) in [6, 6.07) is 7.02. The summed E-state index contributed by atoms with van der Waals surface area (Å²) < 4.78 is 5.24. The molecule has 1 aromatic rings. The largest absolute Gasteiger partial charge is 0.370 e. The zero-order valence-electron chi connectivity index (χ0n) is 10.5. The molecule has 4 nitrogen and oxygen atoms in total. The van der Waals surface area contributed by atoms with Crippen molar-refractivity contribution in [3.63, 3.8) is 0 Å². The molecule has 18 heavy (non-hydrogen) atoms. The molecule has 0 unspecified atom stereocenters. The minimum atomic E-state index is -0.173. The zero-order chi connectivity index (χ0) is 13.2. The van der Waals surface area contributed by atoms with Gasteiger partial charge in [-0.15, -0.1) is 0 Å². The SMILES string of the molecule is CCCNCCOCC(=O)Nc1cccc(Cl)c1. The van der Waals surface area contributed by atoms with E-state index in [1.54, 1.807) is 24.3 Å². The molecule has 2 N–H and O–H groups in total. The number of benzene rings is 1. The molecule has 1 amide bonds. The van der Waals surface area contributed by atoms with E-state index in [1.165, 1.54) is 0 Å². The van der Waals surface area contributed by atoms with Gasteiger partial charge in [0.1, 0.15) is 6.61 Å². The van der Waals surface area contributed by atoms with E-state index in [0.717, 1.165) is 19.5 Å². The van der Waals surface area contributed by atoms with Crippen LogP contribution in [0.25, 0.3) is 0 Å². The number of nitrogens with one attached hydrogen (secondary N) is 2. The molecule has 0 spiro atoms. The van der Waals surface area contributed by atoms with Gasteiger partial charge < -0.3 is 15.4 Å². The Kier molecular flexibility index (Phi) is 7.41. The molecule has 1 aromatic carbocycles. The van der Waals surface area contributed by atoms with Crippen molar-refractivity contribution in [3.8, 4) is 0 Å². The van der Waals surface area contributed by atoms with Crippen LogP contribution in [-0.4, -0.2) is 32.2 Å². The predicted octanol–water partition coefficient (Wildman–Crippen LogP) is 2.29. The first kappa shape index (κ1) is 15.0. The molecule has 0 aliphatic carbocycles. The first-order valence-corrected chi connectivity index (χ1v) is 6.44. The van der Waals surface area contributed by atoms with Gasteiger partial charge in [0.2, 0.25) is 5.91 Å². The number of anilines is 1. The highest BCUT2D eigenvalue weighted by Crippen LogP contribution is 2.14. The molecule has 0 aliphatic rings. The average molecular weight is 271 g/mol. The van der Waals surface area contributed by atoms with Crippen LogP contribution in [0.5, 0.6) is 0 Å². The average Bonchev–Trinajstić information content (AvgIpc) is 2.33. The number of amides is 1. The lowest BCUT2D eigenvalue weighted by atomic mass is 10.3. The molecule has 0 fully saturated rings. The van der Waals surface area contributed by atoms with Crippen molar-refractivity contribution < 1.29 is 9.53 Å². The van der Waals surface area contributed by atoms with E-state index in [2.05, 4.69) is 17.6 Å². The Morgan fingerprint density at radius 2 is 2.22 bits per heavy atom. The normalized spacial score (nSPS) is 10.3. The number of ether oxygens (including phenoxy) is 1. The minimum absolute atomic E-state index is 0.0559. The van der Waals surface area contributed by atoms with Gasteiger partial charge in [-0.25, -0.2) is 0 Å². The van der Waals surface area contributed by atoms with Gasteiger partial charge in [0.25, 0.3) is 0 Å². The third-order valence-electron chi connectivity index (χ3n) is 2.19. The lowest BCUT2D eigenvalue weighted by Gasteiger charge is -2.07. The number of carbonyl (C=O) groups is 1. The standard InChI is InChI=1S/C13H19ClN2O2/c1-2-6-15-7-8-18-10-13(17)16-12-5-3-4-11(14)9-12/h3-5,9,15H,2,6-8,10H2,1H3,(H,16,17). The summed E-state index contributed by atoms with van der Waals surface area (Å²) in [5.74, 6) is -0.173. The summed E-state index contributed by atoms with van der Waals surface area (Å²) in [5.41, 5.74) is 0.681. The van der Waals surface area contributed by atoms with Gasteiger partial charge >= 0.3 is 0 Å². The molecular formula is C13H19ClN2O2. The Morgan fingerprint density at radius 3 is 2.94 bits per heavy atom. The molecule has 0 heterocycles. The summed E-state index contributed by atoms with van der Waals surface area (Å²) in [4.78, 5) is 11.5. The Balaban J connectivity index is 2.14. The highest BCUT2D eigenvalue weighted by atomic mass is 35.5. The van der Waals surface area contributed by atoms with Crippen molar-refractivity contribution >= 4 is 23.2 Å². The van der Waals surface area contributed by atoms with Crippen LogP contribution in [0.1, 0.15) is 13.3 Å². The summed E-state index contributed by atoms with van der Waals surface area (Å²) in [5, 5.41) is 6.50. The molecule has 0 aliphatic heterocycles. The van der Waals surface area contributed by atoms with Crippen LogP contribution in [0.3, 0.4) is 0 Å². The quantitative estimate of drug-likeness (QED) is 0.713. The first-order valence-electron chi connectivity index (χ1n) is 6.06. The Hall–Kier alpha value is -1.10. The molecule has 0 saturated carbocycles. The molecule has 0 aromatic heterocycles. The van der Waals surface area contributed by atoms with E-state index >= 15 is 0 Å². The fourth-order valence-corrected chi connectivity index (χ4v) is 1.56. The predicted molar refractivity (Wildman–Crippen MR) is 74.1 cm³/mol. The van der Waals surface area contributed by atoms with Crippen LogP contribution < -0.4 is 10.6 Å². The van der Waals surface area contributed by atoms with Crippen LogP contribution >= 0.6 is 11.6 Å². The van der Waals surface area contributed by atoms with Crippen molar-refractivity contribution in [1.29, 1.82) is 0 Å². The molecule has 100 valence electrons. The topological polar surface area (TPSA) is 50.4 Å². The van der Waals surface area contributed by atoms with Crippen LogP contribution in [0.15, 0.2) is 24.3 Å². The molecule has 0 atom stereocenters. The monoisotopic (exact) mass is 270 g/mol. The van der Waals surface area contributed by atoms with E-state index in [9.17, 15) is 4.79 Å². The van der Waals surface area contributed by atoms with Crippen LogP contribution in [0, 0.1) is 0 Å². The Bertz CT molecular complexity index is 372. The number of hydrogen-bond donors (Lipinski definition) is 2. The number of hydrogen-bond acceptors (Lipinski definition) is 3. The number of carbonyl (C=O) groups excluding carboxylic acids is 1. The molecule has 5 heteroatoms. The second-order valence-electron chi connectivity index (χ2n) is 3.86. The van der Waals surface area contributed by atoms with E-state index in [4.69, 9.17) is 16.3 Å². The second-order valence-corrected chi connectivity index (χ2v) is 4.30. The summed E-state index contributed by atoms with van der Waals surface area (Å²) in [6.07, 6.45) is 1.09. The number of halogens is 1. The molecule has 1 rings (SSSR count). The van der Waals surface area contributed by atoms with Crippen molar-refractivity contribution in [3.05, 3.63) is 29.3 Å². The lowest BCUT2D eigenvalue weighted by molar-refractivity contribution is -0.120. The Labute approximate surface area is 113 Å². The van der Waals surface area contributed by atoms with Gasteiger partial charge in [0.05, 0.1) is 6.61 Å². The van der Waals surface area contributed by atoms with E-state index in [-0.39, 0.29) is 12.5 Å². The van der Waals surface area contributed by atoms with Gasteiger partial charge in [-0.3, -0.25) is 4.79 Å². The zero-order valence-corrected chi connectivity index (χ0v) is 11.3. The third kappa shape index (κ3) is 6.59. The van der Waals surface area contributed by atoms with Gasteiger partial charge in [-0.05, 0) is 31.2 Å². The van der Waals surface area contributed by atoms with Crippen molar-refractivity contribution in [2.45, 2.75) is 13.3 Å². The second kappa shape index (κ2) is 8.91. The molecule has 0 bridgehead atoms. The lowest BCUT2D eigenvalue weighted by Crippen LogP contribution is -2.24. The highest BCUT2D eigenvalue weighted by Gasteiger charge is 2.02. The smallest absolute Gasteiger partial charge is 0.250 e. The van der Waals surface area contributed by atoms with E-state index in [0.29, 0.717) is 17.3 Å². The van der Waals surface area contributed by atoms with Crippen molar-refractivity contribution in [2.24, 2.45) is 0 Å². The maximum atomic E-state index is 11.5. The van der Waals surface area contributed by atoms with E-state index < -0.39 is 0 Å². The minimum Gasteiger partial charge on any atom is -0.370 e. The van der Waals surface area contributed by atoms with Crippen LogP contribution in [-0.2, 0) is 9.53 Å². The van der Waals surface area contributed by atoms with Crippen LogP contribution in [0.4, 0.5) is 5.69 Å². The summed E-state index contributed by atoms with van der Waals surface area (Å²) >= 11 is 5.81. The summed E-state index contributed by atoms with van der Waals surface area (Å²) in [6.45, 7) is 4.42. The van der Waals surface area contributed by atoms with Gasteiger partial charge in [0, 0.05) is 17.3 Å². The maximum Gasteiger partial charge on any atom is 0.250 e. The van der Waals surface area contributed by atoms with E-state index in [1.807, 2.05) is 0 Å². The number of rotatable bonds is 8. The fourth-order valence-electron chi connectivity index (χ4n) is 1.37. The third-order valence-corrected chi connectivity index (χ3v) is 2.43. The molecule has 0 radical (unpaired) electrons. The maximum absolute atomic E-state index is 11.5. The van der Waals surface area contributed by atoms with Crippen molar-refractivity contribution in [1.82, 2.24) is 5.32 Å². The molecular weight excluding hydrogens is 252 g/mol. The van der Waals surface area contributed by atoms with Gasteiger partial charge in [-0.2, -0.15) is 0 Å². The van der Waals surface area contributed by atoms with Gasteiger partial charge in [0.15, 0.2) is 0 Å². The highest BCUT2D eigenvalue weighted by molar-refractivity contribution is 6.30. The van der Waals surface area contributed by atoms with Crippen molar-refractivity contribution in [2.75, 3.05) is 31.6 Å². The fraction of sp³-hybridized carbons (Fsp3) is 0.462. The first-order chi connectivity index (χ1) is 8.72. The van der Waals surface area contributed by atoms with Gasteiger partial charge in [-0.1, -0.05) is 24.6 Å². The van der Waals surface area contributed by atoms with Crippen LogP contribution in [0.2, 0.25) is 5.02 Å². The summed E-state index contributed by atoms with van der Waals surface area (Å²) in [7, 11) is 0.